The van der Waals surface area contributed by atoms with Crippen molar-refractivity contribution in [3.8, 4) is 0 Å². The molecule has 0 heterocycles. The summed E-state index contributed by atoms with van der Waals surface area (Å²) in [5, 5.41) is 5.28. The molecule has 26 heavy (non-hydrogen) atoms. The van der Waals surface area contributed by atoms with Gasteiger partial charge in [-0.2, -0.15) is 0 Å². The number of methoxy groups -OCH3 is 1. The number of alkyl carbamates (subject to hydrolysis) is 1. The average molecular weight is 364 g/mol. The molecule has 1 aromatic rings. The first kappa shape index (κ1) is 21.5. The second-order valence-corrected chi connectivity index (χ2v) is 7.02. The lowest BCUT2D eigenvalue weighted by atomic mass is 10.1. The van der Waals surface area contributed by atoms with Crippen LogP contribution in [0.2, 0.25) is 0 Å². The van der Waals surface area contributed by atoms with Gasteiger partial charge < -0.3 is 20.1 Å². The molecule has 0 fully saturated rings. The molecule has 0 aliphatic carbocycles. The molecule has 0 bridgehead atoms. The van der Waals surface area contributed by atoms with Crippen LogP contribution in [0.4, 0.5) is 4.79 Å². The first-order valence-electron chi connectivity index (χ1n) is 8.50. The van der Waals surface area contributed by atoms with Crippen LogP contribution in [0.5, 0.6) is 0 Å². The maximum absolute atomic E-state index is 12.5. The quantitative estimate of drug-likeness (QED) is 0.725. The van der Waals surface area contributed by atoms with Gasteiger partial charge in [0.15, 0.2) is 0 Å². The van der Waals surface area contributed by atoms with E-state index < -0.39 is 23.7 Å². The normalized spacial score (nSPS) is 12.0. The van der Waals surface area contributed by atoms with Crippen LogP contribution >= 0.6 is 0 Å². The van der Waals surface area contributed by atoms with E-state index in [2.05, 4.69) is 15.4 Å². The molecule has 1 rings (SSSR count). The topological polar surface area (TPSA) is 93.7 Å². The van der Waals surface area contributed by atoms with E-state index in [9.17, 15) is 14.4 Å². The summed E-state index contributed by atoms with van der Waals surface area (Å²) >= 11 is 0. The summed E-state index contributed by atoms with van der Waals surface area (Å²) < 4.78 is 9.77. The summed E-state index contributed by atoms with van der Waals surface area (Å²) in [4.78, 5) is 35.8. The number of carbonyl (C=O) groups is 3. The third kappa shape index (κ3) is 8.50. The molecule has 0 aromatic heterocycles. The number of benzene rings is 1. The molecule has 1 atom stereocenters. The van der Waals surface area contributed by atoms with Crippen LogP contribution in [0.3, 0.4) is 0 Å². The van der Waals surface area contributed by atoms with Gasteiger partial charge >= 0.3 is 12.1 Å². The van der Waals surface area contributed by atoms with E-state index in [4.69, 9.17) is 4.74 Å². The zero-order chi connectivity index (χ0) is 19.7. The van der Waals surface area contributed by atoms with Crippen LogP contribution in [-0.2, 0) is 25.6 Å². The number of hydrogen-bond acceptors (Lipinski definition) is 5. The zero-order valence-corrected chi connectivity index (χ0v) is 16.0. The van der Waals surface area contributed by atoms with Gasteiger partial charge in [-0.05, 0) is 39.7 Å². The van der Waals surface area contributed by atoms with Crippen LogP contribution in [0.15, 0.2) is 24.3 Å². The van der Waals surface area contributed by atoms with E-state index in [1.807, 2.05) is 31.2 Å². The van der Waals surface area contributed by atoms with Gasteiger partial charge in [-0.25, -0.2) is 4.79 Å². The lowest BCUT2D eigenvalue weighted by Crippen LogP contribution is -2.48. The highest BCUT2D eigenvalue weighted by Crippen LogP contribution is 2.09. The highest BCUT2D eigenvalue weighted by molar-refractivity contribution is 5.86. The van der Waals surface area contributed by atoms with Crippen molar-refractivity contribution in [1.29, 1.82) is 0 Å². The molecule has 0 aliphatic rings. The van der Waals surface area contributed by atoms with E-state index in [0.717, 1.165) is 11.1 Å². The Morgan fingerprint density at radius 2 is 1.73 bits per heavy atom. The maximum Gasteiger partial charge on any atom is 0.408 e. The van der Waals surface area contributed by atoms with Crippen molar-refractivity contribution in [2.45, 2.75) is 58.7 Å². The van der Waals surface area contributed by atoms with Gasteiger partial charge in [0, 0.05) is 13.0 Å². The number of amides is 2. The lowest BCUT2D eigenvalue weighted by molar-refractivity contribution is -0.141. The fourth-order valence-corrected chi connectivity index (χ4v) is 2.10. The highest BCUT2D eigenvalue weighted by atomic mass is 16.6. The van der Waals surface area contributed by atoms with Crippen LogP contribution in [0, 0.1) is 6.92 Å². The Morgan fingerprint density at radius 3 is 2.27 bits per heavy atom. The smallest absolute Gasteiger partial charge is 0.408 e. The summed E-state index contributed by atoms with van der Waals surface area (Å²) in [5.74, 6) is -0.840. The predicted octanol–water partition coefficient (Wildman–Crippen LogP) is 2.46. The number of rotatable bonds is 7. The van der Waals surface area contributed by atoms with Crippen molar-refractivity contribution in [2.24, 2.45) is 0 Å². The maximum atomic E-state index is 12.5. The molecule has 0 spiro atoms. The van der Waals surface area contributed by atoms with E-state index in [1.165, 1.54) is 7.11 Å². The molecular formula is C19H28N2O5. The van der Waals surface area contributed by atoms with Crippen LogP contribution in [-0.4, -0.2) is 36.7 Å². The molecule has 1 aromatic carbocycles. The van der Waals surface area contributed by atoms with Gasteiger partial charge in [-0.1, -0.05) is 29.8 Å². The molecular weight excluding hydrogens is 336 g/mol. The third-order valence-electron chi connectivity index (χ3n) is 3.46. The molecule has 7 nitrogen and oxygen atoms in total. The molecule has 0 aliphatic heterocycles. The highest BCUT2D eigenvalue weighted by Gasteiger charge is 2.25. The van der Waals surface area contributed by atoms with Crippen molar-refractivity contribution in [1.82, 2.24) is 10.6 Å². The second-order valence-electron chi connectivity index (χ2n) is 7.02. The Bertz CT molecular complexity index is 620. The largest absolute Gasteiger partial charge is 0.469 e. The number of hydrogen-bond donors (Lipinski definition) is 2. The van der Waals surface area contributed by atoms with E-state index >= 15 is 0 Å². The Balaban J connectivity index is 2.68. The number of ether oxygens (including phenoxy) is 2. The third-order valence-corrected chi connectivity index (χ3v) is 3.46. The first-order chi connectivity index (χ1) is 12.1. The minimum absolute atomic E-state index is 0.00885. The summed E-state index contributed by atoms with van der Waals surface area (Å²) in [6.07, 6.45) is -0.585. The summed E-state index contributed by atoms with van der Waals surface area (Å²) in [7, 11) is 1.27. The van der Waals surface area contributed by atoms with Crippen molar-refractivity contribution >= 4 is 18.0 Å². The monoisotopic (exact) mass is 364 g/mol. The van der Waals surface area contributed by atoms with Gasteiger partial charge in [0.2, 0.25) is 5.91 Å². The van der Waals surface area contributed by atoms with Crippen LogP contribution in [0.25, 0.3) is 0 Å². The molecule has 2 N–H and O–H groups in total. The molecule has 7 heteroatoms. The number of aryl methyl sites for hydroxylation is 1. The fourth-order valence-electron chi connectivity index (χ4n) is 2.10. The Hall–Kier alpha value is -2.57. The minimum atomic E-state index is -0.894. The van der Waals surface area contributed by atoms with Gasteiger partial charge in [0.25, 0.3) is 0 Å². The van der Waals surface area contributed by atoms with Gasteiger partial charge in [0.1, 0.15) is 11.6 Å². The Labute approximate surface area is 154 Å². The van der Waals surface area contributed by atoms with Crippen molar-refractivity contribution in [3.05, 3.63) is 35.4 Å². The minimum Gasteiger partial charge on any atom is -0.469 e. The molecule has 0 radical (unpaired) electrons. The Morgan fingerprint density at radius 1 is 1.12 bits per heavy atom. The fraction of sp³-hybridized carbons (Fsp3) is 0.526. The molecule has 0 saturated carbocycles. The van der Waals surface area contributed by atoms with Gasteiger partial charge in [-0.15, -0.1) is 0 Å². The van der Waals surface area contributed by atoms with Crippen LogP contribution < -0.4 is 10.6 Å². The van der Waals surface area contributed by atoms with Gasteiger partial charge in [-0.3, -0.25) is 9.59 Å². The first-order valence-corrected chi connectivity index (χ1v) is 8.50. The van der Waals surface area contributed by atoms with E-state index in [-0.39, 0.29) is 18.7 Å². The van der Waals surface area contributed by atoms with Crippen molar-refractivity contribution in [3.63, 3.8) is 0 Å². The average Bonchev–Trinajstić information content (AvgIpc) is 2.55. The summed E-state index contributed by atoms with van der Waals surface area (Å²) in [6.45, 7) is 7.49. The molecule has 1 unspecified atom stereocenters. The summed E-state index contributed by atoms with van der Waals surface area (Å²) in [5.41, 5.74) is 1.38. The number of nitrogens with one attached hydrogen (secondary N) is 2. The summed E-state index contributed by atoms with van der Waals surface area (Å²) in [6, 6.07) is 6.85. The zero-order valence-electron chi connectivity index (χ0n) is 16.0. The van der Waals surface area contributed by atoms with Crippen molar-refractivity contribution in [2.75, 3.05) is 7.11 Å². The lowest BCUT2D eigenvalue weighted by Gasteiger charge is -2.23. The van der Waals surface area contributed by atoms with E-state index in [1.54, 1.807) is 20.8 Å². The molecule has 2 amide bonds. The SMILES string of the molecule is COC(=O)CCC(NC(=O)OC(C)(C)C)C(=O)NCc1ccc(C)cc1. The molecule has 144 valence electrons. The predicted molar refractivity (Wildman–Crippen MR) is 97.4 cm³/mol. The number of carbonyl (C=O) groups excluding carboxylic acids is 3. The standard InChI is InChI=1S/C19H28N2O5/c1-13-6-8-14(9-7-13)12-20-17(23)15(10-11-16(22)25-5)21-18(24)26-19(2,3)4/h6-9,15H,10-12H2,1-5H3,(H,20,23)(H,21,24). The molecule has 0 saturated heterocycles. The van der Waals surface area contributed by atoms with E-state index in [0.29, 0.717) is 6.54 Å². The van der Waals surface area contributed by atoms with Crippen LogP contribution in [0.1, 0.15) is 44.7 Å². The van der Waals surface area contributed by atoms with Gasteiger partial charge in [0.05, 0.1) is 7.11 Å². The van der Waals surface area contributed by atoms with Crippen molar-refractivity contribution < 1.29 is 23.9 Å². The Kier molecular flexibility index (Phi) is 8.09. The second kappa shape index (κ2) is 9.79. The number of esters is 1.